The van der Waals surface area contributed by atoms with E-state index in [1.54, 1.807) is 0 Å². The SMILES string of the molecule is NC[C@H]1CC[C@@H](CN)CC1. The molecular weight excluding hydrogens is 124 g/mol. The second-order valence-electron chi connectivity index (χ2n) is 3.36. The van der Waals surface area contributed by atoms with Gasteiger partial charge in [0.2, 0.25) is 0 Å². The van der Waals surface area contributed by atoms with Crippen molar-refractivity contribution in [3.8, 4) is 0 Å². The molecule has 10 heavy (non-hydrogen) atoms. The van der Waals surface area contributed by atoms with Gasteiger partial charge in [0.1, 0.15) is 0 Å². The summed E-state index contributed by atoms with van der Waals surface area (Å²) in [6.45, 7) is 1.74. The van der Waals surface area contributed by atoms with Crippen LogP contribution in [0.1, 0.15) is 25.7 Å². The lowest BCUT2D eigenvalue weighted by Crippen LogP contribution is -2.25. The normalized spacial score (nSPS) is 34.2. The Balaban J connectivity index is 2.17. The molecule has 1 fully saturated rings. The van der Waals surface area contributed by atoms with E-state index in [4.69, 9.17) is 11.5 Å². The van der Waals surface area contributed by atoms with Crippen molar-refractivity contribution in [2.75, 3.05) is 13.1 Å². The van der Waals surface area contributed by atoms with Gasteiger partial charge in [0.05, 0.1) is 0 Å². The highest BCUT2D eigenvalue weighted by Gasteiger charge is 2.18. The fraction of sp³-hybridized carbons (Fsp3) is 1.00. The molecule has 1 aliphatic rings. The summed E-state index contributed by atoms with van der Waals surface area (Å²) in [5, 5.41) is 0. The number of rotatable bonds is 2. The lowest BCUT2D eigenvalue weighted by molar-refractivity contribution is 0.285. The molecular formula is C8H18N2. The second kappa shape index (κ2) is 3.94. The quantitative estimate of drug-likeness (QED) is 0.596. The van der Waals surface area contributed by atoms with Crippen LogP contribution in [0.4, 0.5) is 0 Å². The Kier molecular flexibility index (Phi) is 3.16. The van der Waals surface area contributed by atoms with Gasteiger partial charge in [-0.2, -0.15) is 0 Å². The van der Waals surface area contributed by atoms with Crippen LogP contribution in [-0.4, -0.2) is 13.1 Å². The molecule has 0 spiro atoms. The van der Waals surface area contributed by atoms with Gasteiger partial charge in [0.25, 0.3) is 0 Å². The molecule has 1 saturated carbocycles. The van der Waals surface area contributed by atoms with Gasteiger partial charge >= 0.3 is 0 Å². The van der Waals surface area contributed by atoms with Gasteiger partial charge in [-0.15, -0.1) is 0 Å². The van der Waals surface area contributed by atoms with E-state index in [0.29, 0.717) is 0 Å². The zero-order valence-corrected chi connectivity index (χ0v) is 6.55. The zero-order valence-electron chi connectivity index (χ0n) is 6.55. The minimum atomic E-state index is 0.794. The van der Waals surface area contributed by atoms with Gasteiger partial charge in [-0.1, -0.05) is 0 Å². The van der Waals surface area contributed by atoms with Crippen molar-refractivity contribution in [3.63, 3.8) is 0 Å². The third-order valence-corrected chi connectivity index (χ3v) is 2.63. The van der Waals surface area contributed by atoms with Crippen LogP contribution in [0.5, 0.6) is 0 Å². The first-order chi connectivity index (χ1) is 4.86. The van der Waals surface area contributed by atoms with Gasteiger partial charge < -0.3 is 11.5 Å². The molecule has 0 aromatic rings. The lowest BCUT2D eigenvalue weighted by atomic mass is 9.82. The average Bonchev–Trinajstić information content (AvgIpc) is 2.05. The summed E-state index contributed by atoms with van der Waals surface area (Å²) < 4.78 is 0. The maximum Gasteiger partial charge on any atom is -0.00489 e. The predicted octanol–water partition coefficient (Wildman–Crippen LogP) is 0.710. The molecule has 0 aromatic heterocycles. The zero-order chi connectivity index (χ0) is 7.40. The Bertz CT molecular complexity index is 73.3. The van der Waals surface area contributed by atoms with E-state index in [0.717, 1.165) is 24.9 Å². The Morgan fingerprint density at radius 1 is 0.800 bits per heavy atom. The van der Waals surface area contributed by atoms with E-state index in [2.05, 4.69) is 0 Å². The van der Waals surface area contributed by atoms with Gasteiger partial charge in [-0.3, -0.25) is 0 Å². The minimum absolute atomic E-state index is 0.794. The van der Waals surface area contributed by atoms with Crippen LogP contribution in [0, 0.1) is 11.8 Å². The Labute approximate surface area is 63.0 Å². The molecule has 0 unspecified atom stereocenters. The topological polar surface area (TPSA) is 52.0 Å². The molecule has 4 N–H and O–H groups in total. The van der Waals surface area contributed by atoms with Crippen molar-refractivity contribution in [3.05, 3.63) is 0 Å². The van der Waals surface area contributed by atoms with Crippen molar-refractivity contribution in [1.82, 2.24) is 0 Å². The van der Waals surface area contributed by atoms with Crippen LogP contribution >= 0.6 is 0 Å². The molecule has 0 heterocycles. The van der Waals surface area contributed by atoms with Gasteiger partial charge in [0, 0.05) is 0 Å². The van der Waals surface area contributed by atoms with Crippen LogP contribution in [-0.2, 0) is 0 Å². The smallest absolute Gasteiger partial charge is 0.00489 e. The second-order valence-corrected chi connectivity index (χ2v) is 3.36. The summed E-state index contributed by atoms with van der Waals surface area (Å²) in [6.07, 6.45) is 5.22. The van der Waals surface area contributed by atoms with Crippen LogP contribution in [0.2, 0.25) is 0 Å². The molecule has 0 aromatic carbocycles. The Morgan fingerprint density at radius 2 is 1.10 bits per heavy atom. The number of hydrogen-bond donors (Lipinski definition) is 2. The van der Waals surface area contributed by atoms with Gasteiger partial charge in [0.15, 0.2) is 0 Å². The summed E-state index contributed by atoms with van der Waals surface area (Å²) in [6, 6.07) is 0. The van der Waals surface area contributed by atoms with Crippen molar-refractivity contribution >= 4 is 0 Å². The largest absolute Gasteiger partial charge is 0.330 e. The molecule has 1 aliphatic carbocycles. The molecule has 0 saturated heterocycles. The average molecular weight is 142 g/mol. The molecule has 2 nitrogen and oxygen atoms in total. The maximum absolute atomic E-state index is 5.56. The molecule has 0 bridgehead atoms. The highest BCUT2D eigenvalue weighted by Crippen LogP contribution is 2.26. The number of nitrogens with two attached hydrogens (primary N) is 2. The molecule has 0 aliphatic heterocycles. The Hall–Kier alpha value is -0.0800. The van der Waals surface area contributed by atoms with Crippen molar-refractivity contribution < 1.29 is 0 Å². The predicted molar refractivity (Wildman–Crippen MR) is 43.6 cm³/mol. The maximum atomic E-state index is 5.56. The van der Waals surface area contributed by atoms with E-state index in [1.807, 2.05) is 0 Å². The highest BCUT2D eigenvalue weighted by atomic mass is 14.6. The summed E-state index contributed by atoms with van der Waals surface area (Å²) in [5.74, 6) is 1.59. The molecule has 60 valence electrons. The highest BCUT2D eigenvalue weighted by molar-refractivity contribution is 4.72. The third-order valence-electron chi connectivity index (χ3n) is 2.63. The van der Waals surface area contributed by atoms with E-state index in [1.165, 1.54) is 25.7 Å². The summed E-state index contributed by atoms with van der Waals surface area (Å²) in [7, 11) is 0. The fourth-order valence-electron chi connectivity index (χ4n) is 1.70. The van der Waals surface area contributed by atoms with Crippen molar-refractivity contribution in [2.24, 2.45) is 23.3 Å². The molecule has 0 amide bonds. The van der Waals surface area contributed by atoms with Crippen molar-refractivity contribution in [1.29, 1.82) is 0 Å². The molecule has 0 radical (unpaired) electrons. The summed E-state index contributed by atoms with van der Waals surface area (Å²) >= 11 is 0. The van der Waals surface area contributed by atoms with Crippen LogP contribution in [0.25, 0.3) is 0 Å². The fourth-order valence-corrected chi connectivity index (χ4v) is 1.70. The minimum Gasteiger partial charge on any atom is -0.330 e. The first-order valence-corrected chi connectivity index (χ1v) is 4.27. The summed E-state index contributed by atoms with van der Waals surface area (Å²) in [4.78, 5) is 0. The van der Waals surface area contributed by atoms with Gasteiger partial charge in [-0.25, -0.2) is 0 Å². The van der Waals surface area contributed by atoms with Crippen molar-refractivity contribution in [2.45, 2.75) is 25.7 Å². The molecule has 2 heteroatoms. The first-order valence-electron chi connectivity index (χ1n) is 4.27. The van der Waals surface area contributed by atoms with Gasteiger partial charge in [-0.05, 0) is 50.6 Å². The third kappa shape index (κ3) is 1.96. The monoisotopic (exact) mass is 142 g/mol. The van der Waals surface area contributed by atoms with E-state index < -0.39 is 0 Å². The number of hydrogen-bond acceptors (Lipinski definition) is 2. The molecule has 1 rings (SSSR count). The van der Waals surface area contributed by atoms with E-state index >= 15 is 0 Å². The molecule has 0 atom stereocenters. The van der Waals surface area contributed by atoms with Crippen LogP contribution < -0.4 is 11.5 Å². The van der Waals surface area contributed by atoms with Crippen LogP contribution in [0.3, 0.4) is 0 Å². The summed E-state index contributed by atoms with van der Waals surface area (Å²) in [5.41, 5.74) is 11.1. The van der Waals surface area contributed by atoms with Crippen LogP contribution in [0.15, 0.2) is 0 Å². The Morgan fingerprint density at radius 3 is 1.30 bits per heavy atom. The van der Waals surface area contributed by atoms with E-state index in [9.17, 15) is 0 Å². The standard InChI is InChI=1S/C8H18N2/c9-5-7-1-2-8(6-10)4-3-7/h7-8H,1-6,9-10H2/t7-,8+. The first kappa shape index (κ1) is 8.02. The lowest BCUT2D eigenvalue weighted by Gasteiger charge is -2.26. The van der Waals surface area contributed by atoms with E-state index in [-0.39, 0.29) is 0 Å².